The Morgan fingerprint density at radius 1 is 0.857 bits per heavy atom. The standard InChI is InChI=1S/C17H32N4/c18-17(20-14-7-3-1-4-8-14)21(16-11-12-19-13-16)15-9-5-2-6-10-15/h14-16,19H,1-13H2,(H2,18,20). The number of aliphatic imine (C=N–C) groups is 1. The molecule has 3 fully saturated rings. The van der Waals surface area contributed by atoms with Crippen LogP contribution in [0, 0.1) is 0 Å². The van der Waals surface area contributed by atoms with Gasteiger partial charge in [-0.05, 0) is 38.6 Å². The molecule has 1 heterocycles. The minimum atomic E-state index is 0.485. The molecule has 4 heteroatoms. The number of hydrogen-bond donors (Lipinski definition) is 2. The first kappa shape index (κ1) is 15.1. The highest BCUT2D eigenvalue weighted by molar-refractivity contribution is 5.79. The van der Waals surface area contributed by atoms with E-state index in [1.54, 1.807) is 0 Å². The van der Waals surface area contributed by atoms with Crippen LogP contribution in [0.5, 0.6) is 0 Å². The second kappa shape index (κ2) is 7.48. The maximum absolute atomic E-state index is 6.51. The van der Waals surface area contributed by atoms with Gasteiger partial charge in [0.15, 0.2) is 5.96 Å². The van der Waals surface area contributed by atoms with Crippen LogP contribution in [0.4, 0.5) is 0 Å². The summed E-state index contributed by atoms with van der Waals surface area (Å²) in [5.74, 6) is 0.850. The van der Waals surface area contributed by atoms with E-state index in [9.17, 15) is 0 Å². The van der Waals surface area contributed by atoms with Gasteiger partial charge in [0.2, 0.25) is 0 Å². The number of nitrogens with zero attached hydrogens (tertiary/aromatic N) is 2. The predicted octanol–water partition coefficient (Wildman–Crippen LogP) is 2.63. The molecular formula is C17H32N4. The summed E-state index contributed by atoms with van der Waals surface area (Å²) < 4.78 is 0. The van der Waals surface area contributed by atoms with Gasteiger partial charge in [-0.2, -0.15) is 0 Å². The number of guanidine groups is 1. The highest BCUT2D eigenvalue weighted by atomic mass is 15.3. The van der Waals surface area contributed by atoms with Crippen LogP contribution in [0.1, 0.15) is 70.6 Å². The van der Waals surface area contributed by atoms with Crippen molar-refractivity contribution in [3.8, 4) is 0 Å². The van der Waals surface area contributed by atoms with Crippen LogP contribution < -0.4 is 11.1 Å². The third kappa shape index (κ3) is 3.91. The van der Waals surface area contributed by atoms with Gasteiger partial charge in [-0.3, -0.25) is 0 Å². The number of hydrogen-bond acceptors (Lipinski definition) is 2. The molecule has 0 amide bonds. The zero-order valence-electron chi connectivity index (χ0n) is 13.4. The van der Waals surface area contributed by atoms with Gasteiger partial charge in [0.05, 0.1) is 6.04 Å². The van der Waals surface area contributed by atoms with Crippen molar-refractivity contribution in [2.75, 3.05) is 13.1 Å². The highest BCUT2D eigenvalue weighted by Gasteiger charge is 2.31. The summed E-state index contributed by atoms with van der Waals surface area (Å²) in [6.45, 7) is 2.21. The number of nitrogens with two attached hydrogens (primary N) is 1. The first-order chi connectivity index (χ1) is 10.3. The molecule has 0 aromatic rings. The van der Waals surface area contributed by atoms with Crippen molar-refractivity contribution in [1.82, 2.24) is 10.2 Å². The molecule has 0 radical (unpaired) electrons. The summed E-state index contributed by atoms with van der Waals surface area (Å²) in [5.41, 5.74) is 6.51. The fourth-order valence-electron chi connectivity index (χ4n) is 4.37. The Kier molecular flexibility index (Phi) is 5.39. The van der Waals surface area contributed by atoms with Gasteiger partial charge in [0.25, 0.3) is 0 Å². The highest BCUT2D eigenvalue weighted by Crippen LogP contribution is 2.27. The van der Waals surface area contributed by atoms with Gasteiger partial charge in [-0.25, -0.2) is 4.99 Å². The Hall–Kier alpha value is -0.770. The summed E-state index contributed by atoms with van der Waals surface area (Å²) in [4.78, 5) is 7.46. The normalized spacial score (nSPS) is 29.7. The Labute approximate surface area is 129 Å². The zero-order chi connectivity index (χ0) is 14.5. The van der Waals surface area contributed by atoms with E-state index in [4.69, 9.17) is 10.7 Å². The molecule has 120 valence electrons. The maximum atomic E-state index is 6.51. The van der Waals surface area contributed by atoms with Gasteiger partial charge in [0.1, 0.15) is 0 Å². The topological polar surface area (TPSA) is 53.6 Å². The maximum Gasteiger partial charge on any atom is 0.192 e. The summed E-state index contributed by atoms with van der Waals surface area (Å²) in [7, 11) is 0. The van der Waals surface area contributed by atoms with E-state index in [1.807, 2.05) is 0 Å². The molecule has 0 spiro atoms. The largest absolute Gasteiger partial charge is 0.370 e. The first-order valence-electron chi connectivity index (χ1n) is 9.17. The molecule has 2 aliphatic carbocycles. The molecule has 21 heavy (non-hydrogen) atoms. The Morgan fingerprint density at radius 3 is 2.14 bits per heavy atom. The Morgan fingerprint density at radius 2 is 1.52 bits per heavy atom. The lowest BCUT2D eigenvalue weighted by Crippen LogP contribution is -2.52. The summed E-state index contributed by atoms with van der Waals surface area (Å²) >= 11 is 0. The van der Waals surface area contributed by atoms with Crippen molar-refractivity contribution in [2.24, 2.45) is 10.7 Å². The zero-order valence-corrected chi connectivity index (χ0v) is 13.4. The molecule has 1 saturated heterocycles. The van der Waals surface area contributed by atoms with Crippen LogP contribution in [0.15, 0.2) is 4.99 Å². The van der Waals surface area contributed by atoms with Gasteiger partial charge in [-0.15, -0.1) is 0 Å². The lowest BCUT2D eigenvalue weighted by atomic mass is 9.93. The molecular weight excluding hydrogens is 260 g/mol. The van der Waals surface area contributed by atoms with E-state index >= 15 is 0 Å². The van der Waals surface area contributed by atoms with Gasteiger partial charge < -0.3 is 16.0 Å². The molecule has 3 rings (SSSR count). The van der Waals surface area contributed by atoms with Crippen molar-refractivity contribution in [1.29, 1.82) is 0 Å². The molecule has 1 aliphatic heterocycles. The van der Waals surface area contributed by atoms with Crippen LogP contribution in [0.2, 0.25) is 0 Å². The molecule has 2 saturated carbocycles. The number of rotatable bonds is 3. The third-order valence-electron chi connectivity index (χ3n) is 5.55. The van der Waals surface area contributed by atoms with Crippen LogP contribution in [-0.4, -0.2) is 42.1 Å². The van der Waals surface area contributed by atoms with E-state index in [1.165, 1.54) is 70.6 Å². The van der Waals surface area contributed by atoms with Gasteiger partial charge in [-0.1, -0.05) is 38.5 Å². The number of nitrogens with one attached hydrogen (secondary N) is 1. The van der Waals surface area contributed by atoms with Crippen molar-refractivity contribution in [3.63, 3.8) is 0 Å². The minimum Gasteiger partial charge on any atom is -0.370 e. The van der Waals surface area contributed by atoms with Crippen LogP contribution >= 0.6 is 0 Å². The fourth-order valence-corrected chi connectivity index (χ4v) is 4.37. The monoisotopic (exact) mass is 292 g/mol. The summed E-state index contributed by atoms with van der Waals surface area (Å²) in [5, 5.41) is 3.50. The molecule has 1 atom stereocenters. The van der Waals surface area contributed by atoms with E-state index in [-0.39, 0.29) is 0 Å². The van der Waals surface area contributed by atoms with Crippen molar-refractivity contribution >= 4 is 5.96 Å². The van der Waals surface area contributed by atoms with Crippen LogP contribution in [0.3, 0.4) is 0 Å². The Bertz CT molecular complexity index is 337. The average molecular weight is 292 g/mol. The van der Waals surface area contributed by atoms with E-state index in [0.717, 1.165) is 19.0 Å². The molecule has 1 unspecified atom stereocenters. The quantitative estimate of drug-likeness (QED) is 0.621. The van der Waals surface area contributed by atoms with E-state index in [0.29, 0.717) is 18.1 Å². The van der Waals surface area contributed by atoms with Gasteiger partial charge >= 0.3 is 0 Å². The first-order valence-corrected chi connectivity index (χ1v) is 9.17. The molecule has 3 aliphatic rings. The Balaban J connectivity index is 1.71. The molecule has 4 nitrogen and oxygen atoms in total. The lowest BCUT2D eigenvalue weighted by molar-refractivity contribution is 0.194. The van der Waals surface area contributed by atoms with Gasteiger partial charge in [0, 0.05) is 18.6 Å². The van der Waals surface area contributed by atoms with Crippen LogP contribution in [0.25, 0.3) is 0 Å². The second-order valence-electron chi connectivity index (χ2n) is 7.12. The van der Waals surface area contributed by atoms with E-state index < -0.39 is 0 Å². The van der Waals surface area contributed by atoms with Crippen molar-refractivity contribution in [3.05, 3.63) is 0 Å². The fraction of sp³-hybridized carbons (Fsp3) is 0.941. The predicted molar refractivity (Wildman–Crippen MR) is 88.5 cm³/mol. The molecule has 3 N–H and O–H groups in total. The van der Waals surface area contributed by atoms with Crippen LogP contribution in [-0.2, 0) is 0 Å². The summed E-state index contributed by atoms with van der Waals surface area (Å²) in [6, 6.07) is 1.69. The SMILES string of the molecule is NC(=NC1CCCCC1)N(C1CCCCC1)C1CCNC1. The minimum absolute atomic E-state index is 0.485. The van der Waals surface area contributed by atoms with Crippen molar-refractivity contribution in [2.45, 2.75) is 88.8 Å². The van der Waals surface area contributed by atoms with Crippen molar-refractivity contribution < 1.29 is 0 Å². The molecule has 0 aromatic carbocycles. The third-order valence-corrected chi connectivity index (χ3v) is 5.55. The second-order valence-corrected chi connectivity index (χ2v) is 7.12. The smallest absolute Gasteiger partial charge is 0.192 e. The molecule has 0 bridgehead atoms. The van der Waals surface area contributed by atoms with E-state index in [2.05, 4.69) is 10.2 Å². The summed E-state index contributed by atoms with van der Waals surface area (Å²) in [6.07, 6.45) is 14.5. The average Bonchev–Trinajstić information content (AvgIpc) is 3.03. The lowest BCUT2D eigenvalue weighted by Gasteiger charge is -2.39. The molecule has 0 aromatic heterocycles.